The molecule has 7 nitrogen and oxygen atoms in total. The van der Waals surface area contributed by atoms with Crippen molar-refractivity contribution in [2.24, 2.45) is 0 Å². The molecule has 0 atom stereocenters. The first kappa shape index (κ1) is 22.2. The van der Waals surface area contributed by atoms with Gasteiger partial charge in [-0.3, -0.25) is 4.79 Å². The number of benzene rings is 1. The summed E-state index contributed by atoms with van der Waals surface area (Å²) in [5.41, 5.74) is 1.38. The molecule has 1 N–H and O–H groups in total. The van der Waals surface area contributed by atoms with Crippen LogP contribution >= 0.6 is 0 Å². The predicted octanol–water partition coefficient (Wildman–Crippen LogP) is 3.49. The van der Waals surface area contributed by atoms with Crippen molar-refractivity contribution in [2.45, 2.75) is 38.0 Å². The van der Waals surface area contributed by atoms with Crippen LogP contribution in [-0.2, 0) is 10.0 Å². The monoisotopic (exact) mass is 434 g/mol. The van der Waals surface area contributed by atoms with Crippen LogP contribution in [0.1, 0.15) is 43.5 Å². The number of sulfonamides is 1. The lowest BCUT2D eigenvalue weighted by atomic mass is 10.1. The minimum absolute atomic E-state index is 0.125. The van der Waals surface area contributed by atoms with E-state index in [2.05, 4.69) is 15.2 Å². The van der Waals surface area contributed by atoms with Gasteiger partial charge in [0.25, 0.3) is 5.91 Å². The zero-order valence-corrected chi connectivity index (χ0v) is 18.1. The molecule has 0 radical (unpaired) electrons. The number of carbonyl (C=O) groups excluding carboxylic acids is 1. The van der Waals surface area contributed by atoms with Gasteiger partial charge in [0.05, 0.1) is 21.8 Å². The Kier molecular flexibility index (Phi) is 7.04. The molecule has 1 aliphatic rings. The Morgan fingerprint density at radius 2 is 1.83 bits per heavy atom. The topological polar surface area (TPSA) is 82.6 Å². The fraction of sp³-hybridized carbons (Fsp3) is 0.429. The van der Waals surface area contributed by atoms with Crippen molar-refractivity contribution in [3.63, 3.8) is 0 Å². The molecule has 1 amide bonds. The molecule has 0 unspecified atom stereocenters. The number of carbonyl (C=O) groups is 1. The number of anilines is 2. The Morgan fingerprint density at radius 1 is 1.13 bits per heavy atom. The van der Waals surface area contributed by atoms with E-state index in [0.717, 1.165) is 50.3 Å². The number of nitrogens with zero attached hydrogens (tertiary/aromatic N) is 3. The van der Waals surface area contributed by atoms with Crippen LogP contribution in [0.25, 0.3) is 0 Å². The second-order valence-electron chi connectivity index (χ2n) is 7.14. The van der Waals surface area contributed by atoms with Crippen molar-refractivity contribution < 1.29 is 17.6 Å². The number of hydrogen-bond donors (Lipinski definition) is 1. The largest absolute Gasteiger partial charge is 0.370 e. The Hall–Kier alpha value is -2.52. The summed E-state index contributed by atoms with van der Waals surface area (Å²) in [7, 11) is -3.68. The molecule has 0 saturated carbocycles. The summed E-state index contributed by atoms with van der Waals surface area (Å²) in [5.74, 6) is -1.15. The molecule has 162 valence electrons. The first-order chi connectivity index (χ1) is 14.4. The first-order valence-electron chi connectivity index (χ1n) is 10.2. The lowest BCUT2D eigenvalue weighted by Gasteiger charge is -2.31. The minimum Gasteiger partial charge on any atom is -0.370 e. The van der Waals surface area contributed by atoms with E-state index in [-0.39, 0.29) is 10.5 Å². The quantitative estimate of drug-likeness (QED) is 0.675. The molecule has 3 rings (SSSR count). The molecule has 0 bridgehead atoms. The molecular weight excluding hydrogens is 407 g/mol. The third-order valence-corrected chi connectivity index (χ3v) is 7.29. The molecule has 1 aromatic heterocycles. The molecule has 1 aromatic carbocycles. The lowest BCUT2D eigenvalue weighted by Crippen LogP contribution is -2.32. The van der Waals surface area contributed by atoms with Gasteiger partial charge >= 0.3 is 0 Å². The average molecular weight is 435 g/mol. The standard InChI is InChI=1S/C21H27FN4O3S/c1-3-26(4-2)30(28,29)17-9-10-19(25-12-6-5-7-13-25)18(14-17)24-21(27)16-8-11-20(22)23-15-16/h8-11,14-15H,3-7,12-13H2,1-2H3,(H,24,27). The van der Waals surface area contributed by atoms with Gasteiger partial charge in [0, 0.05) is 32.4 Å². The summed E-state index contributed by atoms with van der Waals surface area (Å²) in [4.78, 5) is 18.5. The maximum atomic E-state index is 13.1. The van der Waals surface area contributed by atoms with E-state index >= 15 is 0 Å². The van der Waals surface area contributed by atoms with Gasteiger partial charge in [-0.1, -0.05) is 13.8 Å². The normalized spacial score (nSPS) is 14.7. The van der Waals surface area contributed by atoms with Crippen molar-refractivity contribution >= 4 is 27.3 Å². The van der Waals surface area contributed by atoms with Crippen LogP contribution in [0.4, 0.5) is 15.8 Å². The molecular formula is C21H27FN4O3S. The molecule has 1 fully saturated rings. The third-order valence-electron chi connectivity index (χ3n) is 5.25. The van der Waals surface area contributed by atoms with Crippen LogP contribution in [0.2, 0.25) is 0 Å². The summed E-state index contributed by atoms with van der Waals surface area (Å²) in [5, 5.41) is 2.81. The van der Waals surface area contributed by atoms with Crippen LogP contribution in [0.5, 0.6) is 0 Å². The highest BCUT2D eigenvalue weighted by Crippen LogP contribution is 2.32. The van der Waals surface area contributed by atoms with Gasteiger partial charge in [-0.2, -0.15) is 8.70 Å². The predicted molar refractivity (Wildman–Crippen MR) is 115 cm³/mol. The Bertz CT molecular complexity index is 986. The van der Waals surface area contributed by atoms with Crippen LogP contribution < -0.4 is 10.2 Å². The number of aromatic nitrogens is 1. The molecule has 9 heteroatoms. The minimum atomic E-state index is -3.68. The summed E-state index contributed by atoms with van der Waals surface area (Å²) >= 11 is 0. The highest BCUT2D eigenvalue weighted by atomic mass is 32.2. The van der Waals surface area contributed by atoms with E-state index in [0.29, 0.717) is 18.8 Å². The van der Waals surface area contributed by atoms with E-state index in [1.807, 2.05) is 0 Å². The second-order valence-corrected chi connectivity index (χ2v) is 9.08. The zero-order chi connectivity index (χ0) is 21.7. The van der Waals surface area contributed by atoms with Crippen LogP contribution in [-0.4, -0.2) is 49.8 Å². The van der Waals surface area contributed by atoms with Crippen LogP contribution in [0, 0.1) is 5.95 Å². The van der Waals surface area contributed by atoms with Crippen molar-refractivity contribution in [1.29, 1.82) is 0 Å². The van der Waals surface area contributed by atoms with E-state index < -0.39 is 21.9 Å². The highest BCUT2D eigenvalue weighted by molar-refractivity contribution is 7.89. The summed E-state index contributed by atoms with van der Waals surface area (Å²) < 4.78 is 40.4. The highest BCUT2D eigenvalue weighted by Gasteiger charge is 2.25. The Morgan fingerprint density at radius 3 is 2.43 bits per heavy atom. The van der Waals surface area contributed by atoms with Crippen LogP contribution in [0.3, 0.4) is 0 Å². The fourth-order valence-electron chi connectivity index (χ4n) is 3.60. The first-order valence-corrected chi connectivity index (χ1v) is 11.6. The number of halogens is 1. The summed E-state index contributed by atoms with van der Waals surface area (Å²) in [6, 6.07) is 7.30. The number of pyridine rings is 1. The number of piperidine rings is 1. The average Bonchev–Trinajstić information content (AvgIpc) is 2.75. The maximum Gasteiger partial charge on any atom is 0.257 e. The van der Waals surface area contributed by atoms with Gasteiger partial charge in [0.1, 0.15) is 0 Å². The van der Waals surface area contributed by atoms with E-state index in [1.165, 1.54) is 16.4 Å². The van der Waals surface area contributed by atoms with Gasteiger partial charge in [-0.05, 0) is 49.6 Å². The number of nitrogens with one attached hydrogen (secondary N) is 1. The van der Waals surface area contributed by atoms with Gasteiger partial charge in [0.2, 0.25) is 16.0 Å². The molecule has 30 heavy (non-hydrogen) atoms. The molecule has 1 saturated heterocycles. The summed E-state index contributed by atoms with van der Waals surface area (Å²) in [6.45, 7) is 5.96. The summed E-state index contributed by atoms with van der Waals surface area (Å²) in [6.07, 6.45) is 4.37. The van der Waals surface area contributed by atoms with E-state index in [4.69, 9.17) is 0 Å². The lowest BCUT2D eigenvalue weighted by molar-refractivity contribution is 0.102. The maximum absolute atomic E-state index is 13.1. The number of hydrogen-bond acceptors (Lipinski definition) is 5. The smallest absolute Gasteiger partial charge is 0.257 e. The molecule has 1 aliphatic heterocycles. The van der Waals surface area contributed by atoms with E-state index in [9.17, 15) is 17.6 Å². The van der Waals surface area contributed by atoms with Crippen molar-refractivity contribution in [3.05, 3.63) is 48.0 Å². The number of amides is 1. The van der Waals surface area contributed by atoms with Crippen molar-refractivity contribution in [2.75, 3.05) is 36.4 Å². The molecule has 2 heterocycles. The van der Waals surface area contributed by atoms with Crippen LogP contribution in [0.15, 0.2) is 41.4 Å². The molecule has 2 aromatic rings. The Labute approximate surface area is 177 Å². The van der Waals surface area contributed by atoms with E-state index in [1.54, 1.807) is 26.0 Å². The zero-order valence-electron chi connectivity index (χ0n) is 17.3. The Balaban J connectivity index is 1.99. The molecule has 0 spiro atoms. The van der Waals surface area contributed by atoms with Crippen molar-refractivity contribution in [1.82, 2.24) is 9.29 Å². The van der Waals surface area contributed by atoms with Gasteiger partial charge in [-0.15, -0.1) is 0 Å². The second kappa shape index (κ2) is 9.53. The fourth-order valence-corrected chi connectivity index (χ4v) is 5.09. The SMILES string of the molecule is CCN(CC)S(=O)(=O)c1ccc(N2CCCCC2)c(NC(=O)c2ccc(F)nc2)c1. The van der Waals surface area contributed by atoms with Gasteiger partial charge < -0.3 is 10.2 Å². The van der Waals surface area contributed by atoms with Gasteiger partial charge in [-0.25, -0.2) is 13.4 Å². The molecule has 0 aliphatic carbocycles. The van der Waals surface area contributed by atoms with Crippen molar-refractivity contribution in [3.8, 4) is 0 Å². The third kappa shape index (κ3) is 4.79. The van der Waals surface area contributed by atoms with Gasteiger partial charge in [0.15, 0.2) is 0 Å². The number of rotatable bonds is 7.